The standard InChI is InChI=1S/C22H28N6O2/c1-29-19-7-2-15(12-23-19)18-13-24-21-20(18)22(26-14-25-21)27-16-3-5-17(6-4-16)28-8-10-30-11-9-28/h2,7,12-14,16-17H,3-6,8-11H2,1H3,(H2,24,25,26,27). The van der Waals surface area contributed by atoms with E-state index in [0.29, 0.717) is 18.0 Å². The minimum Gasteiger partial charge on any atom is -0.481 e. The van der Waals surface area contributed by atoms with Crippen molar-refractivity contribution < 1.29 is 9.47 Å². The second kappa shape index (κ2) is 8.57. The zero-order valence-corrected chi connectivity index (χ0v) is 17.3. The Balaban J connectivity index is 1.33. The Morgan fingerprint density at radius 2 is 1.93 bits per heavy atom. The summed E-state index contributed by atoms with van der Waals surface area (Å²) in [4.78, 5) is 19.2. The van der Waals surface area contributed by atoms with E-state index in [1.807, 2.05) is 24.5 Å². The van der Waals surface area contributed by atoms with Gasteiger partial charge in [-0.15, -0.1) is 0 Å². The van der Waals surface area contributed by atoms with Crippen molar-refractivity contribution in [3.63, 3.8) is 0 Å². The molecule has 3 aromatic heterocycles. The second-order valence-corrected chi connectivity index (χ2v) is 8.04. The van der Waals surface area contributed by atoms with Gasteiger partial charge in [-0.3, -0.25) is 4.90 Å². The Morgan fingerprint density at radius 1 is 1.10 bits per heavy atom. The van der Waals surface area contributed by atoms with Crippen LogP contribution >= 0.6 is 0 Å². The number of methoxy groups -OCH3 is 1. The van der Waals surface area contributed by atoms with E-state index in [9.17, 15) is 0 Å². The highest BCUT2D eigenvalue weighted by Gasteiger charge is 2.27. The van der Waals surface area contributed by atoms with Gasteiger partial charge >= 0.3 is 0 Å². The molecule has 5 rings (SSSR count). The van der Waals surface area contributed by atoms with Gasteiger partial charge in [-0.2, -0.15) is 0 Å². The van der Waals surface area contributed by atoms with Gasteiger partial charge in [0.05, 0.1) is 25.7 Å². The number of fused-ring (bicyclic) bond motifs is 1. The molecular weight excluding hydrogens is 380 g/mol. The van der Waals surface area contributed by atoms with Gasteiger partial charge in [-0.05, 0) is 31.7 Å². The topological polar surface area (TPSA) is 88.2 Å². The number of aromatic nitrogens is 4. The molecule has 1 saturated heterocycles. The van der Waals surface area contributed by atoms with Crippen LogP contribution in [0.25, 0.3) is 22.2 Å². The Morgan fingerprint density at radius 3 is 2.67 bits per heavy atom. The zero-order valence-electron chi connectivity index (χ0n) is 17.3. The van der Waals surface area contributed by atoms with Crippen molar-refractivity contribution in [3.05, 3.63) is 30.9 Å². The third-order valence-corrected chi connectivity index (χ3v) is 6.33. The summed E-state index contributed by atoms with van der Waals surface area (Å²) in [6, 6.07) is 5.00. The summed E-state index contributed by atoms with van der Waals surface area (Å²) < 4.78 is 10.7. The van der Waals surface area contributed by atoms with Crippen molar-refractivity contribution in [1.29, 1.82) is 0 Å². The average Bonchev–Trinajstić information content (AvgIpc) is 3.25. The first-order valence-electron chi connectivity index (χ1n) is 10.7. The summed E-state index contributed by atoms with van der Waals surface area (Å²) in [5, 5.41) is 4.72. The van der Waals surface area contributed by atoms with Crippen LogP contribution in [0.1, 0.15) is 25.7 Å². The van der Waals surface area contributed by atoms with Crippen LogP contribution in [0.2, 0.25) is 0 Å². The fourth-order valence-electron chi connectivity index (χ4n) is 4.68. The molecule has 0 radical (unpaired) electrons. The SMILES string of the molecule is COc1ccc(-c2c[nH]c3ncnc(NC4CCC(N5CCOCC5)CC4)c23)cn1. The van der Waals surface area contributed by atoms with E-state index in [-0.39, 0.29) is 0 Å². The van der Waals surface area contributed by atoms with Crippen LogP contribution in [0.4, 0.5) is 5.82 Å². The third-order valence-electron chi connectivity index (χ3n) is 6.33. The molecule has 1 aliphatic heterocycles. The Hall–Kier alpha value is -2.71. The lowest BCUT2D eigenvalue weighted by atomic mass is 9.90. The Kier molecular flexibility index (Phi) is 5.50. The van der Waals surface area contributed by atoms with Gasteiger partial charge in [-0.25, -0.2) is 15.0 Å². The van der Waals surface area contributed by atoms with Crippen LogP contribution in [0.5, 0.6) is 5.88 Å². The van der Waals surface area contributed by atoms with E-state index in [4.69, 9.17) is 9.47 Å². The minimum atomic E-state index is 0.428. The summed E-state index contributed by atoms with van der Waals surface area (Å²) in [7, 11) is 1.62. The van der Waals surface area contributed by atoms with Gasteiger partial charge in [0.1, 0.15) is 17.8 Å². The lowest BCUT2D eigenvalue weighted by Crippen LogP contribution is -2.46. The van der Waals surface area contributed by atoms with Gasteiger partial charge in [0.25, 0.3) is 0 Å². The van der Waals surface area contributed by atoms with Gasteiger partial charge in [0.15, 0.2) is 0 Å². The molecule has 0 amide bonds. The van der Waals surface area contributed by atoms with Crippen molar-refractivity contribution in [2.45, 2.75) is 37.8 Å². The molecule has 8 heteroatoms. The number of anilines is 1. The maximum atomic E-state index is 5.50. The molecule has 0 spiro atoms. The lowest BCUT2D eigenvalue weighted by molar-refractivity contribution is 0.00791. The summed E-state index contributed by atoms with van der Waals surface area (Å²) in [6.45, 7) is 3.87. The van der Waals surface area contributed by atoms with Gasteiger partial charge in [0.2, 0.25) is 5.88 Å². The number of morpholine rings is 1. The molecule has 2 fully saturated rings. The number of nitrogens with zero attached hydrogens (tertiary/aromatic N) is 4. The van der Waals surface area contributed by atoms with E-state index in [0.717, 1.165) is 67.1 Å². The smallest absolute Gasteiger partial charge is 0.212 e. The normalized spacial score (nSPS) is 22.8. The summed E-state index contributed by atoms with van der Waals surface area (Å²) >= 11 is 0. The van der Waals surface area contributed by atoms with Crippen LogP contribution in [0.15, 0.2) is 30.9 Å². The van der Waals surface area contributed by atoms with Crippen LogP contribution in [0, 0.1) is 0 Å². The van der Waals surface area contributed by atoms with E-state index < -0.39 is 0 Å². The number of pyridine rings is 1. The predicted molar refractivity (Wildman–Crippen MR) is 116 cm³/mol. The van der Waals surface area contributed by atoms with E-state index in [1.54, 1.807) is 13.4 Å². The molecule has 4 heterocycles. The monoisotopic (exact) mass is 408 g/mol. The molecular formula is C22H28N6O2. The molecule has 1 saturated carbocycles. The quantitative estimate of drug-likeness (QED) is 0.671. The number of ether oxygens (including phenoxy) is 2. The molecule has 0 atom stereocenters. The van der Waals surface area contributed by atoms with Crippen LogP contribution in [-0.2, 0) is 4.74 Å². The van der Waals surface area contributed by atoms with Gasteiger partial charge in [0, 0.05) is 54.8 Å². The van der Waals surface area contributed by atoms with E-state index in [2.05, 4.69) is 30.2 Å². The minimum absolute atomic E-state index is 0.428. The molecule has 30 heavy (non-hydrogen) atoms. The molecule has 2 aliphatic rings. The lowest BCUT2D eigenvalue weighted by Gasteiger charge is -2.39. The number of H-pyrrole nitrogens is 1. The number of hydrogen-bond acceptors (Lipinski definition) is 7. The molecule has 0 bridgehead atoms. The molecule has 158 valence electrons. The van der Waals surface area contributed by atoms with Crippen molar-refractivity contribution in [1.82, 2.24) is 24.8 Å². The second-order valence-electron chi connectivity index (χ2n) is 8.04. The van der Waals surface area contributed by atoms with E-state index >= 15 is 0 Å². The fraction of sp³-hybridized carbons (Fsp3) is 0.500. The number of nitrogens with one attached hydrogen (secondary N) is 2. The largest absolute Gasteiger partial charge is 0.481 e. The third kappa shape index (κ3) is 3.85. The molecule has 8 nitrogen and oxygen atoms in total. The van der Waals surface area contributed by atoms with Crippen LogP contribution in [-0.4, -0.2) is 70.3 Å². The number of hydrogen-bond donors (Lipinski definition) is 2. The van der Waals surface area contributed by atoms with E-state index in [1.165, 1.54) is 12.8 Å². The molecule has 2 N–H and O–H groups in total. The highest BCUT2D eigenvalue weighted by atomic mass is 16.5. The number of aromatic amines is 1. The van der Waals surface area contributed by atoms with Crippen molar-refractivity contribution in [2.24, 2.45) is 0 Å². The highest BCUT2D eigenvalue weighted by Crippen LogP contribution is 2.34. The summed E-state index contributed by atoms with van der Waals surface area (Å²) in [6.07, 6.45) is 10.2. The molecule has 0 unspecified atom stereocenters. The summed E-state index contributed by atoms with van der Waals surface area (Å²) in [5.74, 6) is 1.49. The Labute approximate surface area is 176 Å². The Bertz CT molecular complexity index is 975. The maximum absolute atomic E-state index is 5.50. The first-order chi connectivity index (χ1) is 14.8. The molecule has 0 aromatic carbocycles. The number of rotatable bonds is 5. The van der Waals surface area contributed by atoms with Crippen LogP contribution in [0.3, 0.4) is 0 Å². The zero-order chi connectivity index (χ0) is 20.3. The molecule has 3 aromatic rings. The van der Waals surface area contributed by atoms with Crippen molar-refractivity contribution in [2.75, 3.05) is 38.7 Å². The predicted octanol–water partition coefficient (Wildman–Crippen LogP) is 3.08. The van der Waals surface area contributed by atoms with Crippen LogP contribution < -0.4 is 10.1 Å². The van der Waals surface area contributed by atoms with Gasteiger partial charge in [-0.1, -0.05) is 0 Å². The van der Waals surface area contributed by atoms with Gasteiger partial charge < -0.3 is 19.8 Å². The first-order valence-corrected chi connectivity index (χ1v) is 10.7. The highest BCUT2D eigenvalue weighted by molar-refractivity contribution is 6.00. The average molecular weight is 409 g/mol. The fourth-order valence-corrected chi connectivity index (χ4v) is 4.68. The first kappa shape index (κ1) is 19.3. The van der Waals surface area contributed by atoms with Crippen molar-refractivity contribution >= 4 is 16.9 Å². The molecule has 1 aliphatic carbocycles. The summed E-state index contributed by atoms with van der Waals surface area (Å²) in [5.41, 5.74) is 2.89. The van der Waals surface area contributed by atoms with Crippen molar-refractivity contribution in [3.8, 4) is 17.0 Å². The maximum Gasteiger partial charge on any atom is 0.212 e.